The Hall–Kier alpha value is -0.800. The normalized spacial score (nSPS) is 10.2. The van der Waals surface area contributed by atoms with Crippen LogP contribution in [-0.2, 0) is 0 Å². The summed E-state index contributed by atoms with van der Waals surface area (Å²) in [4.78, 5) is 17.6. The van der Waals surface area contributed by atoms with E-state index in [-0.39, 0.29) is 11.1 Å². The summed E-state index contributed by atoms with van der Waals surface area (Å²) in [6.45, 7) is 5.38. The van der Waals surface area contributed by atoms with Gasteiger partial charge in [0, 0.05) is 19.3 Å². The minimum absolute atomic E-state index is 0.0598. The van der Waals surface area contributed by atoms with Crippen molar-refractivity contribution in [2.45, 2.75) is 20.3 Å². The molecule has 1 amide bonds. The summed E-state index contributed by atoms with van der Waals surface area (Å²) in [7, 11) is 0. The highest BCUT2D eigenvalue weighted by molar-refractivity contribution is 6.41. The lowest BCUT2D eigenvalue weighted by Crippen LogP contribution is -2.31. The molecule has 0 saturated heterocycles. The van der Waals surface area contributed by atoms with Crippen LogP contribution in [0.5, 0.6) is 0 Å². The zero-order valence-corrected chi connectivity index (χ0v) is 10.8. The molecule has 0 aliphatic carbocycles. The third kappa shape index (κ3) is 3.09. The second kappa shape index (κ2) is 6.06. The number of hydrogen-bond donors (Lipinski definition) is 0. The quantitative estimate of drug-likeness (QED) is 0.779. The van der Waals surface area contributed by atoms with E-state index in [4.69, 9.17) is 23.2 Å². The van der Waals surface area contributed by atoms with Crippen LogP contribution < -0.4 is 0 Å². The maximum absolute atomic E-state index is 12.0. The Morgan fingerprint density at radius 1 is 1.44 bits per heavy atom. The van der Waals surface area contributed by atoms with E-state index >= 15 is 0 Å². The fourth-order valence-electron chi connectivity index (χ4n) is 1.39. The van der Waals surface area contributed by atoms with Crippen molar-refractivity contribution in [3.8, 4) is 0 Å². The molecule has 0 unspecified atom stereocenters. The molecule has 1 aromatic heterocycles. The number of pyridine rings is 1. The predicted octanol–water partition coefficient (Wildman–Crippen LogP) is 3.26. The first kappa shape index (κ1) is 13.3. The molecule has 1 aromatic rings. The summed E-state index contributed by atoms with van der Waals surface area (Å²) in [5.41, 5.74) is 0.477. The fourth-order valence-corrected chi connectivity index (χ4v) is 1.66. The average Bonchev–Trinajstić information content (AvgIpc) is 2.28. The van der Waals surface area contributed by atoms with Crippen LogP contribution >= 0.6 is 23.2 Å². The van der Waals surface area contributed by atoms with Crippen molar-refractivity contribution in [1.82, 2.24) is 9.88 Å². The molecule has 0 aromatic carbocycles. The van der Waals surface area contributed by atoms with Crippen molar-refractivity contribution >= 4 is 29.1 Å². The largest absolute Gasteiger partial charge is 0.339 e. The number of nitrogens with zero attached hydrogens (tertiary/aromatic N) is 2. The van der Waals surface area contributed by atoms with Gasteiger partial charge in [0.1, 0.15) is 5.15 Å². The van der Waals surface area contributed by atoms with Gasteiger partial charge in [0.05, 0.1) is 10.6 Å². The molecule has 88 valence electrons. The van der Waals surface area contributed by atoms with Gasteiger partial charge in [-0.15, -0.1) is 0 Å². The number of amides is 1. The number of halogens is 2. The first-order valence-corrected chi connectivity index (χ1v) is 5.96. The lowest BCUT2D eigenvalue weighted by Gasteiger charge is -2.19. The number of carbonyl (C=O) groups excluding carboxylic acids is 1. The van der Waals surface area contributed by atoms with E-state index in [1.54, 1.807) is 11.0 Å². The standard InChI is InChI=1S/C11H14Cl2N2O/c1-3-5-15(4-2)11(16)8-6-9(12)10(13)14-7-8/h6-7H,3-5H2,1-2H3. The molecule has 5 heteroatoms. The van der Waals surface area contributed by atoms with Crippen LogP contribution in [0.2, 0.25) is 10.2 Å². The van der Waals surface area contributed by atoms with Gasteiger partial charge in [-0.1, -0.05) is 30.1 Å². The molecule has 0 bridgehead atoms. The maximum atomic E-state index is 12.0. The van der Waals surface area contributed by atoms with E-state index in [9.17, 15) is 4.79 Å². The van der Waals surface area contributed by atoms with Crippen LogP contribution in [0.25, 0.3) is 0 Å². The van der Waals surface area contributed by atoms with Crippen molar-refractivity contribution in [3.63, 3.8) is 0 Å². The SMILES string of the molecule is CCCN(CC)C(=O)c1cnc(Cl)c(Cl)c1. The predicted molar refractivity (Wildman–Crippen MR) is 66.1 cm³/mol. The molecule has 16 heavy (non-hydrogen) atoms. The molecular weight excluding hydrogens is 247 g/mol. The van der Waals surface area contributed by atoms with E-state index in [1.807, 2.05) is 13.8 Å². The van der Waals surface area contributed by atoms with Gasteiger partial charge in [-0.3, -0.25) is 4.79 Å². The molecule has 0 radical (unpaired) electrons. The summed E-state index contributed by atoms with van der Waals surface area (Å²) in [6.07, 6.45) is 2.38. The molecule has 0 N–H and O–H groups in total. The van der Waals surface area contributed by atoms with Crippen LogP contribution in [0.3, 0.4) is 0 Å². The number of carbonyl (C=O) groups is 1. The lowest BCUT2D eigenvalue weighted by atomic mass is 10.2. The highest BCUT2D eigenvalue weighted by Crippen LogP contribution is 2.20. The molecule has 0 aliphatic heterocycles. The highest BCUT2D eigenvalue weighted by Gasteiger charge is 2.14. The molecular formula is C11H14Cl2N2O. The Balaban J connectivity index is 2.90. The third-order valence-corrected chi connectivity index (χ3v) is 2.89. The average molecular weight is 261 g/mol. The van der Waals surface area contributed by atoms with Crippen molar-refractivity contribution in [3.05, 3.63) is 28.0 Å². The second-order valence-electron chi connectivity index (χ2n) is 3.38. The zero-order chi connectivity index (χ0) is 12.1. The number of aromatic nitrogens is 1. The van der Waals surface area contributed by atoms with Gasteiger partial charge in [0.15, 0.2) is 0 Å². The van der Waals surface area contributed by atoms with Gasteiger partial charge in [-0.25, -0.2) is 4.98 Å². The Morgan fingerprint density at radius 2 is 2.12 bits per heavy atom. The van der Waals surface area contributed by atoms with Gasteiger partial charge < -0.3 is 4.90 Å². The number of rotatable bonds is 4. The minimum atomic E-state index is -0.0598. The van der Waals surface area contributed by atoms with E-state index in [1.165, 1.54) is 6.20 Å². The Morgan fingerprint density at radius 3 is 2.62 bits per heavy atom. The summed E-state index contributed by atoms with van der Waals surface area (Å²) < 4.78 is 0. The molecule has 3 nitrogen and oxygen atoms in total. The molecule has 0 saturated carbocycles. The maximum Gasteiger partial charge on any atom is 0.255 e. The first-order chi connectivity index (χ1) is 7.60. The van der Waals surface area contributed by atoms with Crippen LogP contribution in [0.4, 0.5) is 0 Å². The monoisotopic (exact) mass is 260 g/mol. The molecule has 1 rings (SSSR count). The van der Waals surface area contributed by atoms with Crippen molar-refractivity contribution in [2.24, 2.45) is 0 Å². The van der Waals surface area contributed by atoms with Crippen LogP contribution in [0.15, 0.2) is 12.3 Å². The lowest BCUT2D eigenvalue weighted by molar-refractivity contribution is 0.0764. The van der Waals surface area contributed by atoms with Crippen molar-refractivity contribution in [2.75, 3.05) is 13.1 Å². The van der Waals surface area contributed by atoms with Crippen molar-refractivity contribution in [1.29, 1.82) is 0 Å². The van der Waals surface area contributed by atoms with E-state index in [0.29, 0.717) is 17.1 Å². The van der Waals surface area contributed by atoms with Crippen LogP contribution in [0.1, 0.15) is 30.6 Å². The van der Waals surface area contributed by atoms with Gasteiger partial charge in [0.2, 0.25) is 0 Å². The van der Waals surface area contributed by atoms with E-state index in [0.717, 1.165) is 13.0 Å². The smallest absolute Gasteiger partial charge is 0.255 e. The van der Waals surface area contributed by atoms with E-state index < -0.39 is 0 Å². The van der Waals surface area contributed by atoms with E-state index in [2.05, 4.69) is 4.98 Å². The summed E-state index contributed by atoms with van der Waals surface area (Å²) in [5, 5.41) is 0.525. The van der Waals surface area contributed by atoms with Crippen molar-refractivity contribution < 1.29 is 4.79 Å². The Labute approximate surface area is 105 Å². The fraction of sp³-hybridized carbons (Fsp3) is 0.455. The molecule has 1 heterocycles. The Kier molecular flexibility index (Phi) is 5.03. The minimum Gasteiger partial charge on any atom is -0.339 e. The summed E-state index contributed by atoms with van der Waals surface area (Å²) in [5.74, 6) is -0.0598. The third-order valence-electron chi connectivity index (χ3n) is 2.21. The molecule has 0 aliphatic rings. The van der Waals surface area contributed by atoms with Gasteiger partial charge in [0.25, 0.3) is 5.91 Å². The molecule has 0 spiro atoms. The highest BCUT2D eigenvalue weighted by atomic mass is 35.5. The van der Waals surface area contributed by atoms with Gasteiger partial charge in [-0.05, 0) is 19.4 Å². The van der Waals surface area contributed by atoms with Gasteiger partial charge >= 0.3 is 0 Å². The molecule has 0 fully saturated rings. The Bertz CT molecular complexity index is 382. The van der Waals surface area contributed by atoms with Crippen LogP contribution in [0, 0.1) is 0 Å². The summed E-state index contributed by atoms with van der Waals surface area (Å²) in [6, 6.07) is 1.55. The summed E-state index contributed by atoms with van der Waals surface area (Å²) >= 11 is 11.5. The zero-order valence-electron chi connectivity index (χ0n) is 9.33. The number of hydrogen-bond acceptors (Lipinski definition) is 2. The first-order valence-electron chi connectivity index (χ1n) is 5.20. The van der Waals surface area contributed by atoms with Gasteiger partial charge in [-0.2, -0.15) is 0 Å². The topological polar surface area (TPSA) is 33.2 Å². The van der Waals surface area contributed by atoms with Crippen LogP contribution in [-0.4, -0.2) is 28.9 Å². The second-order valence-corrected chi connectivity index (χ2v) is 4.15. The molecule has 0 atom stereocenters.